The molecule has 2 aliphatic rings. The number of aliphatic hydroxyl groups excluding tert-OH is 1. The Morgan fingerprint density at radius 2 is 1.75 bits per heavy atom. The number of ether oxygens (including phenoxy) is 3. The molecule has 5 N–H and O–H groups in total. The zero-order valence-electron chi connectivity index (χ0n) is 30.5. The molecule has 0 unspecified atom stereocenters. The summed E-state index contributed by atoms with van der Waals surface area (Å²) in [7, 11) is 0. The predicted molar refractivity (Wildman–Crippen MR) is 200 cm³/mol. The Hall–Kier alpha value is -4.27. The first-order valence-corrected chi connectivity index (χ1v) is 18.6. The number of nitrogens with zero attached hydrogens (tertiary/aromatic N) is 2. The number of alkyl carbamates (subject to hydrolysis) is 1. The Morgan fingerprint density at radius 1 is 1.00 bits per heavy atom. The van der Waals surface area contributed by atoms with Crippen molar-refractivity contribution >= 4 is 29.6 Å². The van der Waals surface area contributed by atoms with Gasteiger partial charge in [0.25, 0.3) is 5.91 Å². The van der Waals surface area contributed by atoms with Crippen LogP contribution in [0.3, 0.4) is 0 Å². The average molecular weight is 751 g/mol. The highest BCUT2D eigenvalue weighted by atomic mass is 35.5. The number of alkyl halides is 1. The van der Waals surface area contributed by atoms with Crippen molar-refractivity contribution in [2.75, 3.05) is 32.2 Å². The highest BCUT2D eigenvalue weighted by Crippen LogP contribution is 2.33. The first kappa shape index (κ1) is 39.9. The lowest BCUT2D eigenvalue weighted by molar-refractivity contribution is -0.131. The Balaban J connectivity index is 1.35. The van der Waals surface area contributed by atoms with Crippen LogP contribution in [0.1, 0.15) is 44.7 Å². The van der Waals surface area contributed by atoms with Crippen LogP contribution >= 0.6 is 11.6 Å². The SMILES string of the molecule is CC(C)(C)[C@H](NC(=O)NCCCCl)C(=O)NN(Cc1ccc(-c2ccccn2)cc1)C[C@H](O)[C@H](Cc1ccccc1)NC(=O)O[C@H]1CO[C@H]2OCC[C@H]21. The van der Waals surface area contributed by atoms with Gasteiger partial charge in [-0.1, -0.05) is 81.4 Å². The number of pyridine rings is 1. The third-order valence-electron chi connectivity index (χ3n) is 9.27. The minimum absolute atomic E-state index is 0.0419. The molecule has 13 nitrogen and oxygen atoms in total. The molecule has 2 fully saturated rings. The number of rotatable bonds is 16. The van der Waals surface area contributed by atoms with Crippen LogP contribution in [-0.2, 0) is 32.0 Å². The number of benzene rings is 2. The molecule has 286 valence electrons. The second-order valence-electron chi connectivity index (χ2n) is 14.5. The van der Waals surface area contributed by atoms with E-state index in [1.165, 1.54) is 0 Å². The summed E-state index contributed by atoms with van der Waals surface area (Å²) in [6, 6.07) is 20.7. The van der Waals surface area contributed by atoms with Gasteiger partial charge in [-0.2, -0.15) is 0 Å². The van der Waals surface area contributed by atoms with Crippen LogP contribution in [0.5, 0.6) is 0 Å². The van der Waals surface area contributed by atoms with Crippen molar-refractivity contribution in [3.63, 3.8) is 0 Å². The van der Waals surface area contributed by atoms with Gasteiger partial charge in [-0.05, 0) is 47.9 Å². The molecule has 4 amide bonds. The lowest BCUT2D eigenvalue weighted by Crippen LogP contribution is -2.60. The second-order valence-corrected chi connectivity index (χ2v) is 14.9. The number of hydrazine groups is 1. The van der Waals surface area contributed by atoms with E-state index in [1.807, 2.05) is 93.6 Å². The van der Waals surface area contributed by atoms with E-state index in [-0.39, 0.29) is 31.9 Å². The number of carbonyl (C=O) groups is 3. The van der Waals surface area contributed by atoms with Gasteiger partial charge in [0.05, 0.1) is 37.0 Å². The number of aliphatic hydroxyl groups is 1. The zero-order chi connectivity index (χ0) is 37.8. The lowest BCUT2D eigenvalue weighted by Gasteiger charge is -2.35. The number of carbonyl (C=O) groups excluding carboxylic acids is 3. The Labute approximate surface area is 316 Å². The normalized spacial score (nSPS) is 19.8. The number of aromatic nitrogens is 1. The molecule has 0 bridgehead atoms. The largest absolute Gasteiger partial charge is 0.443 e. The minimum atomic E-state index is -1.17. The van der Waals surface area contributed by atoms with Crippen molar-refractivity contribution in [1.82, 2.24) is 31.4 Å². The minimum Gasteiger partial charge on any atom is -0.443 e. The van der Waals surface area contributed by atoms with Crippen molar-refractivity contribution in [2.45, 2.75) is 77.2 Å². The fraction of sp³-hybridized carbons (Fsp3) is 0.487. The monoisotopic (exact) mass is 750 g/mol. The van der Waals surface area contributed by atoms with Gasteiger partial charge in [0.2, 0.25) is 0 Å². The highest BCUT2D eigenvalue weighted by Gasteiger charge is 2.44. The summed E-state index contributed by atoms with van der Waals surface area (Å²) < 4.78 is 17.0. The van der Waals surface area contributed by atoms with Crippen molar-refractivity contribution < 1.29 is 33.7 Å². The van der Waals surface area contributed by atoms with Crippen LogP contribution in [-0.4, -0.2) is 95.9 Å². The molecule has 3 heterocycles. The summed E-state index contributed by atoms with van der Waals surface area (Å²) in [6.45, 7) is 6.84. The van der Waals surface area contributed by atoms with E-state index in [0.717, 1.165) is 28.8 Å². The molecule has 2 aliphatic heterocycles. The van der Waals surface area contributed by atoms with E-state index in [9.17, 15) is 19.5 Å². The van der Waals surface area contributed by atoms with Crippen LogP contribution in [0.2, 0.25) is 0 Å². The first-order chi connectivity index (χ1) is 25.5. The summed E-state index contributed by atoms with van der Waals surface area (Å²) in [5.41, 5.74) is 5.78. The molecule has 0 saturated carbocycles. The molecule has 6 atom stereocenters. The van der Waals surface area contributed by atoms with E-state index in [1.54, 1.807) is 11.2 Å². The topological polar surface area (TPSA) is 163 Å². The molecule has 14 heteroatoms. The van der Waals surface area contributed by atoms with Gasteiger partial charge >= 0.3 is 12.1 Å². The number of nitrogens with one attached hydrogen (secondary N) is 4. The van der Waals surface area contributed by atoms with Crippen molar-refractivity contribution in [1.29, 1.82) is 0 Å². The number of hydrogen-bond acceptors (Lipinski definition) is 9. The van der Waals surface area contributed by atoms with Gasteiger partial charge < -0.3 is 35.3 Å². The number of fused-ring (bicyclic) bond motifs is 1. The molecule has 2 aromatic carbocycles. The Kier molecular flexibility index (Phi) is 14.4. The number of amides is 4. The lowest BCUT2D eigenvalue weighted by atomic mass is 9.86. The average Bonchev–Trinajstić information content (AvgIpc) is 3.76. The van der Waals surface area contributed by atoms with E-state index in [4.69, 9.17) is 25.8 Å². The maximum absolute atomic E-state index is 14.0. The van der Waals surface area contributed by atoms with E-state index in [0.29, 0.717) is 31.9 Å². The van der Waals surface area contributed by atoms with Crippen LogP contribution in [0, 0.1) is 11.3 Å². The zero-order valence-corrected chi connectivity index (χ0v) is 31.3. The van der Waals surface area contributed by atoms with Gasteiger partial charge in [0.15, 0.2) is 6.29 Å². The molecule has 3 aromatic rings. The van der Waals surface area contributed by atoms with Crippen molar-refractivity contribution in [2.24, 2.45) is 11.3 Å². The molecule has 1 aromatic heterocycles. The molecular formula is C39H51ClN6O7. The van der Waals surface area contributed by atoms with Gasteiger partial charge in [-0.3, -0.25) is 15.2 Å². The predicted octanol–water partition coefficient (Wildman–Crippen LogP) is 4.38. The van der Waals surface area contributed by atoms with Gasteiger partial charge in [0.1, 0.15) is 12.1 Å². The third-order valence-corrected chi connectivity index (χ3v) is 9.54. The van der Waals surface area contributed by atoms with E-state index in [2.05, 4.69) is 26.4 Å². The summed E-state index contributed by atoms with van der Waals surface area (Å²) in [5, 5.41) is 21.9. The van der Waals surface area contributed by atoms with Gasteiger partial charge in [-0.15, -0.1) is 11.6 Å². The molecule has 0 spiro atoms. The van der Waals surface area contributed by atoms with Gasteiger partial charge in [0, 0.05) is 37.3 Å². The molecule has 53 heavy (non-hydrogen) atoms. The quantitative estimate of drug-likeness (QED) is 0.0813. The molecular weight excluding hydrogens is 700 g/mol. The van der Waals surface area contributed by atoms with Crippen LogP contribution in [0.15, 0.2) is 79.0 Å². The smallest absolute Gasteiger partial charge is 0.407 e. The number of urea groups is 1. The molecule has 2 saturated heterocycles. The second kappa shape index (κ2) is 19.2. The third kappa shape index (κ3) is 11.9. The number of hydrogen-bond donors (Lipinski definition) is 5. The Bertz CT molecular complexity index is 1610. The maximum Gasteiger partial charge on any atom is 0.407 e. The maximum atomic E-state index is 14.0. The van der Waals surface area contributed by atoms with Crippen LogP contribution in [0.25, 0.3) is 11.3 Å². The fourth-order valence-corrected chi connectivity index (χ4v) is 6.54. The van der Waals surface area contributed by atoms with E-state index >= 15 is 0 Å². The fourth-order valence-electron chi connectivity index (χ4n) is 6.41. The standard InChI is InChI=1S/C39H51ClN6O7/c1-39(2,3)34(44-37(49)42-20-9-18-40)35(48)45-46(23-27-13-15-28(16-14-27)30-12-7-8-19-41-30)24-32(47)31(22-26-10-5-4-6-11-26)43-38(50)53-33-25-52-36-29(33)17-21-51-36/h4-8,10-16,19,29,31-34,36,47H,9,17-18,20-25H2,1-3H3,(H,43,50)(H,45,48)(H2,42,44,49)/t29-,31-,32-,33-,34+,36+/m0/s1. The van der Waals surface area contributed by atoms with Crippen molar-refractivity contribution in [3.05, 3.63) is 90.1 Å². The van der Waals surface area contributed by atoms with Crippen LogP contribution < -0.4 is 21.4 Å². The molecule has 0 aliphatic carbocycles. The highest BCUT2D eigenvalue weighted by molar-refractivity contribution is 6.17. The first-order valence-electron chi connectivity index (χ1n) is 18.1. The summed E-state index contributed by atoms with van der Waals surface area (Å²) in [4.78, 5) is 44.5. The molecule has 5 rings (SSSR count). The summed E-state index contributed by atoms with van der Waals surface area (Å²) >= 11 is 5.77. The van der Waals surface area contributed by atoms with Crippen LogP contribution in [0.4, 0.5) is 9.59 Å². The summed E-state index contributed by atoms with van der Waals surface area (Å²) in [6.07, 6.45) is 0.659. The summed E-state index contributed by atoms with van der Waals surface area (Å²) in [5.74, 6) is -0.115. The molecule has 0 radical (unpaired) electrons. The van der Waals surface area contributed by atoms with Crippen molar-refractivity contribution in [3.8, 4) is 11.3 Å². The number of halogens is 1. The van der Waals surface area contributed by atoms with E-state index < -0.39 is 47.7 Å². The van der Waals surface area contributed by atoms with Gasteiger partial charge in [-0.25, -0.2) is 14.6 Å². The Morgan fingerprint density at radius 3 is 2.45 bits per heavy atom.